The number of nitrogens with zero attached hydrogens (tertiary/aromatic N) is 2. The van der Waals surface area contributed by atoms with Gasteiger partial charge in [-0.3, -0.25) is 4.68 Å². The summed E-state index contributed by atoms with van der Waals surface area (Å²) in [5.74, 6) is 0.912. The largest absolute Gasteiger partial charge is 0.330 e. The third-order valence-electron chi connectivity index (χ3n) is 2.28. The first-order valence-corrected chi connectivity index (χ1v) is 5.21. The van der Waals surface area contributed by atoms with Crippen molar-refractivity contribution < 1.29 is 0 Å². The van der Waals surface area contributed by atoms with E-state index < -0.39 is 0 Å². The molecule has 80 valence electrons. The number of aryl methyl sites for hydroxylation is 1. The average molecular weight is 196 g/mol. The molecule has 1 aliphatic rings. The normalized spacial score (nSPS) is 14.8. The second kappa shape index (κ2) is 5.78. The van der Waals surface area contributed by atoms with Crippen LogP contribution in [0, 0.1) is 5.92 Å². The molecule has 0 atom stereocenters. The quantitative estimate of drug-likeness (QED) is 0.748. The summed E-state index contributed by atoms with van der Waals surface area (Å²) in [7, 11) is 0. The predicted molar refractivity (Wildman–Crippen MR) is 57.6 cm³/mol. The summed E-state index contributed by atoms with van der Waals surface area (Å²) in [6.45, 7) is 4.47. The van der Waals surface area contributed by atoms with Crippen molar-refractivity contribution in [3.63, 3.8) is 0 Å². The van der Waals surface area contributed by atoms with Gasteiger partial charge in [0.25, 0.3) is 0 Å². The molecule has 1 heterocycles. The second-order valence-corrected chi connectivity index (χ2v) is 3.59. The maximum absolute atomic E-state index is 5.36. The first-order valence-electron chi connectivity index (χ1n) is 5.21. The van der Waals surface area contributed by atoms with E-state index in [1.54, 1.807) is 6.20 Å². The minimum atomic E-state index is 0.583. The molecule has 1 saturated carbocycles. The van der Waals surface area contributed by atoms with Crippen molar-refractivity contribution in [1.29, 1.82) is 0 Å². The van der Waals surface area contributed by atoms with Gasteiger partial charge in [-0.25, -0.2) is 0 Å². The van der Waals surface area contributed by atoms with Crippen LogP contribution in [0.25, 0.3) is 0 Å². The molecule has 0 saturated heterocycles. The first kappa shape index (κ1) is 11.2. The van der Waals surface area contributed by atoms with Gasteiger partial charge < -0.3 is 11.5 Å². The molecule has 1 aromatic heterocycles. The van der Waals surface area contributed by atoms with Crippen LogP contribution in [0.1, 0.15) is 25.3 Å². The van der Waals surface area contributed by atoms with Crippen LogP contribution in [0.4, 0.5) is 0 Å². The Kier molecular flexibility index (Phi) is 4.62. The standard InChI is InChI=1S/C6H11N3.C4H9N/c1-2-9-5-6(3-7)4-8-9;5-3-4-1-2-4/h4-5H,2-3,7H2,1H3;4H,1-3,5H2. The van der Waals surface area contributed by atoms with Crippen LogP contribution in [0.5, 0.6) is 0 Å². The van der Waals surface area contributed by atoms with Crippen molar-refractivity contribution in [3.8, 4) is 0 Å². The molecule has 1 aromatic rings. The Labute approximate surface area is 85.3 Å². The Balaban J connectivity index is 0.000000165. The number of hydrogen-bond donors (Lipinski definition) is 2. The SMILES string of the molecule is CCn1cc(CN)cn1.NCC1CC1. The van der Waals surface area contributed by atoms with E-state index in [-0.39, 0.29) is 0 Å². The lowest BCUT2D eigenvalue weighted by Gasteiger charge is -1.89. The Bertz CT molecular complexity index is 234. The summed E-state index contributed by atoms with van der Waals surface area (Å²) in [4.78, 5) is 0. The van der Waals surface area contributed by atoms with Gasteiger partial charge in [-0.2, -0.15) is 5.10 Å². The Morgan fingerprint density at radius 2 is 2.21 bits per heavy atom. The van der Waals surface area contributed by atoms with Crippen molar-refractivity contribution in [2.75, 3.05) is 6.54 Å². The van der Waals surface area contributed by atoms with E-state index in [0.29, 0.717) is 6.54 Å². The lowest BCUT2D eigenvalue weighted by Crippen LogP contribution is -1.98. The fraction of sp³-hybridized carbons (Fsp3) is 0.700. The van der Waals surface area contributed by atoms with Crippen molar-refractivity contribution >= 4 is 0 Å². The van der Waals surface area contributed by atoms with Crippen LogP contribution >= 0.6 is 0 Å². The third-order valence-corrected chi connectivity index (χ3v) is 2.28. The fourth-order valence-corrected chi connectivity index (χ4v) is 1.04. The molecule has 1 fully saturated rings. The lowest BCUT2D eigenvalue weighted by atomic mass is 10.4. The van der Waals surface area contributed by atoms with Gasteiger partial charge in [0.1, 0.15) is 0 Å². The van der Waals surface area contributed by atoms with Crippen LogP contribution in [0.2, 0.25) is 0 Å². The number of hydrogen-bond acceptors (Lipinski definition) is 3. The highest BCUT2D eigenvalue weighted by atomic mass is 15.3. The third kappa shape index (κ3) is 3.89. The minimum Gasteiger partial charge on any atom is -0.330 e. The summed E-state index contributed by atoms with van der Waals surface area (Å²) in [6, 6.07) is 0. The number of nitrogens with two attached hydrogens (primary N) is 2. The van der Waals surface area contributed by atoms with E-state index in [2.05, 4.69) is 5.10 Å². The number of rotatable bonds is 3. The van der Waals surface area contributed by atoms with E-state index in [0.717, 1.165) is 24.6 Å². The highest BCUT2D eigenvalue weighted by Gasteiger charge is 2.17. The van der Waals surface area contributed by atoms with Gasteiger partial charge in [-0.05, 0) is 32.2 Å². The zero-order valence-corrected chi connectivity index (χ0v) is 8.82. The van der Waals surface area contributed by atoms with Crippen LogP contribution in [-0.4, -0.2) is 16.3 Å². The molecule has 14 heavy (non-hydrogen) atoms. The molecule has 2 rings (SSSR count). The second-order valence-electron chi connectivity index (χ2n) is 3.59. The Morgan fingerprint density at radius 1 is 1.50 bits per heavy atom. The molecule has 0 bridgehead atoms. The summed E-state index contributed by atoms with van der Waals surface area (Å²) in [6.07, 6.45) is 6.52. The molecule has 0 aromatic carbocycles. The van der Waals surface area contributed by atoms with Crippen LogP contribution in [-0.2, 0) is 13.1 Å². The van der Waals surface area contributed by atoms with E-state index in [1.807, 2.05) is 17.8 Å². The molecular weight excluding hydrogens is 176 g/mol. The van der Waals surface area contributed by atoms with Gasteiger partial charge in [0.05, 0.1) is 6.20 Å². The van der Waals surface area contributed by atoms with Crippen molar-refractivity contribution in [1.82, 2.24) is 9.78 Å². The smallest absolute Gasteiger partial charge is 0.0534 e. The molecule has 1 aliphatic carbocycles. The van der Waals surface area contributed by atoms with Gasteiger partial charge in [0.15, 0.2) is 0 Å². The predicted octanol–water partition coefficient (Wildman–Crippen LogP) is 0.717. The summed E-state index contributed by atoms with van der Waals surface area (Å²) in [5.41, 5.74) is 11.7. The summed E-state index contributed by atoms with van der Waals surface area (Å²) >= 11 is 0. The van der Waals surface area contributed by atoms with Crippen molar-refractivity contribution in [2.24, 2.45) is 17.4 Å². The molecule has 0 amide bonds. The van der Waals surface area contributed by atoms with E-state index in [1.165, 1.54) is 12.8 Å². The van der Waals surface area contributed by atoms with Crippen LogP contribution < -0.4 is 11.5 Å². The lowest BCUT2D eigenvalue weighted by molar-refractivity contribution is 0.659. The molecule has 4 N–H and O–H groups in total. The minimum absolute atomic E-state index is 0.583. The molecule has 0 unspecified atom stereocenters. The zero-order valence-electron chi connectivity index (χ0n) is 8.82. The molecular formula is C10H20N4. The fourth-order valence-electron chi connectivity index (χ4n) is 1.04. The van der Waals surface area contributed by atoms with Crippen LogP contribution in [0.15, 0.2) is 12.4 Å². The van der Waals surface area contributed by atoms with Crippen LogP contribution in [0.3, 0.4) is 0 Å². The van der Waals surface area contributed by atoms with E-state index in [4.69, 9.17) is 11.5 Å². The maximum atomic E-state index is 5.36. The van der Waals surface area contributed by atoms with Crippen molar-refractivity contribution in [2.45, 2.75) is 32.9 Å². The summed E-state index contributed by atoms with van der Waals surface area (Å²) in [5, 5.41) is 4.04. The van der Waals surface area contributed by atoms with Gasteiger partial charge in [-0.1, -0.05) is 0 Å². The van der Waals surface area contributed by atoms with Gasteiger partial charge >= 0.3 is 0 Å². The molecule has 0 aliphatic heterocycles. The Hall–Kier alpha value is -0.870. The topological polar surface area (TPSA) is 69.9 Å². The highest BCUT2D eigenvalue weighted by Crippen LogP contribution is 2.26. The van der Waals surface area contributed by atoms with Gasteiger partial charge in [0, 0.05) is 24.8 Å². The van der Waals surface area contributed by atoms with Crippen molar-refractivity contribution in [3.05, 3.63) is 18.0 Å². The first-order chi connectivity index (χ1) is 6.80. The van der Waals surface area contributed by atoms with Gasteiger partial charge in [0.2, 0.25) is 0 Å². The Morgan fingerprint density at radius 3 is 2.43 bits per heavy atom. The highest BCUT2D eigenvalue weighted by molar-refractivity contribution is 5.02. The molecule has 0 spiro atoms. The summed E-state index contributed by atoms with van der Waals surface area (Å²) < 4.78 is 1.86. The number of aromatic nitrogens is 2. The molecule has 4 heteroatoms. The zero-order chi connectivity index (χ0) is 10.4. The monoisotopic (exact) mass is 196 g/mol. The average Bonchev–Trinajstić information content (AvgIpc) is 2.96. The van der Waals surface area contributed by atoms with Gasteiger partial charge in [-0.15, -0.1) is 0 Å². The maximum Gasteiger partial charge on any atom is 0.0534 e. The molecule has 0 radical (unpaired) electrons. The molecule has 4 nitrogen and oxygen atoms in total. The van der Waals surface area contributed by atoms with E-state index in [9.17, 15) is 0 Å². The van der Waals surface area contributed by atoms with E-state index >= 15 is 0 Å².